The minimum Gasteiger partial charge on any atom is -0.465 e. The molecule has 188 valence electrons. The predicted octanol–water partition coefficient (Wildman–Crippen LogP) is 6.66. The van der Waals surface area contributed by atoms with Crippen LogP contribution < -0.4 is 5.30 Å². The number of fused-ring (bicyclic) bond motifs is 1. The van der Waals surface area contributed by atoms with Gasteiger partial charge in [0.15, 0.2) is 7.36 Å². The van der Waals surface area contributed by atoms with Crippen LogP contribution in [0.15, 0.2) is 70.4 Å². The third-order valence-corrected chi connectivity index (χ3v) is 11.2. The lowest BCUT2D eigenvalue weighted by Crippen LogP contribution is -2.39. The van der Waals surface area contributed by atoms with Crippen LogP contribution in [0.4, 0.5) is 23.9 Å². The Balaban J connectivity index is 1.86. The number of carbonyl (C=O) groups excluding carboxylic acids is 1. The van der Waals surface area contributed by atoms with Crippen LogP contribution in [0.5, 0.6) is 0 Å². The van der Waals surface area contributed by atoms with E-state index in [0.717, 1.165) is 24.5 Å². The van der Waals surface area contributed by atoms with Crippen molar-refractivity contribution >= 4 is 46.5 Å². The van der Waals surface area contributed by atoms with Crippen molar-refractivity contribution in [3.8, 4) is 0 Å². The number of carbonyl (C=O) groups is 1. The van der Waals surface area contributed by atoms with Crippen molar-refractivity contribution in [3.05, 3.63) is 76.7 Å². The zero-order valence-electron chi connectivity index (χ0n) is 19.7. The zero-order chi connectivity index (χ0) is 25.5. The summed E-state index contributed by atoms with van der Waals surface area (Å²) in [6, 6.07) is 16.6. The van der Waals surface area contributed by atoms with Crippen molar-refractivity contribution in [2.45, 2.75) is 19.0 Å². The fourth-order valence-electron chi connectivity index (χ4n) is 4.63. The Morgan fingerprint density at radius 1 is 1.08 bits per heavy atom. The van der Waals surface area contributed by atoms with Gasteiger partial charge in [0.25, 0.3) is 0 Å². The van der Waals surface area contributed by atoms with E-state index in [4.69, 9.17) is 14.5 Å². The number of halogens is 3. The first kappa shape index (κ1) is 24.7. The molecule has 0 aliphatic carbocycles. The highest BCUT2D eigenvalue weighted by Gasteiger charge is 2.45. The first-order chi connectivity index (χ1) is 17.3. The molecule has 5 rings (SSSR count). The number of benzene rings is 2. The second-order valence-electron chi connectivity index (χ2n) is 8.46. The molecule has 6 nitrogen and oxygen atoms in total. The smallest absolute Gasteiger partial charge is 0.418 e. The monoisotopic (exact) mass is 532 g/mol. The summed E-state index contributed by atoms with van der Waals surface area (Å²) < 4.78 is 56.2. The van der Waals surface area contributed by atoms with Crippen LogP contribution in [0.2, 0.25) is 0 Å². The highest BCUT2D eigenvalue weighted by molar-refractivity contribution is 7.71. The van der Waals surface area contributed by atoms with E-state index in [-0.39, 0.29) is 5.69 Å². The summed E-state index contributed by atoms with van der Waals surface area (Å²) in [5.74, 6) is 0.0959. The molecule has 3 heterocycles. The molecule has 2 aromatic carbocycles. The van der Waals surface area contributed by atoms with Crippen molar-refractivity contribution in [1.29, 1.82) is 0 Å². The third-order valence-electron chi connectivity index (χ3n) is 6.30. The first-order valence-corrected chi connectivity index (χ1v) is 13.9. The molecule has 0 bridgehead atoms. The maximum absolute atomic E-state index is 14.0. The molecule has 2 aliphatic rings. The number of methoxy groups -OCH3 is 1. The standard InChI is InChI=1S/C25H24F3N4O2PS/c1-31-22(17-10-4-3-5-11-17)29-23-20(16-21(36-23)24(33)34-2)35(31,32-14-8-9-15-32)30-19-13-7-6-12-18(19)25(26,27)28/h3-7,10-13,16H,8-9,14-15H2,1-2H3. The van der Waals surface area contributed by atoms with Gasteiger partial charge < -0.3 is 9.41 Å². The lowest BCUT2D eigenvalue weighted by atomic mass is 10.2. The SMILES string of the molecule is COC(=O)c1cc2c(s1)N=C(c1ccccc1)N(C)P2(=Nc1ccccc1C(F)(F)F)N1CCCC1. The van der Waals surface area contributed by atoms with Gasteiger partial charge in [-0.2, -0.15) is 13.2 Å². The van der Waals surface area contributed by atoms with E-state index >= 15 is 0 Å². The predicted molar refractivity (Wildman–Crippen MR) is 137 cm³/mol. The molecule has 0 spiro atoms. The van der Waals surface area contributed by atoms with E-state index in [1.54, 1.807) is 12.1 Å². The van der Waals surface area contributed by atoms with Gasteiger partial charge in [0.1, 0.15) is 15.7 Å². The fourth-order valence-corrected chi connectivity index (χ4v) is 9.79. The highest BCUT2D eigenvalue weighted by Crippen LogP contribution is 2.63. The maximum atomic E-state index is 14.0. The lowest BCUT2D eigenvalue weighted by molar-refractivity contribution is -0.137. The van der Waals surface area contributed by atoms with Crippen LogP contribution in [0, 0.1) is 0 Å². The molecule has 2 aliphatic heterocycles. The third kappa shape index (κ3) is 4.17. The summed E-state index contributed by atoms with van der Waals surface area (Å²) in [4.78, 5) is 17.7. The summed E-state index contributed by atoms with van der Waals surface area (Å²) in [6.45, 7) is 1.36. The van der Waals surface area contributed by atoms with Crippen molar-refractivity contribution in [2.75, 3.05) is 27.2 Å². The van der Waals surface area contributed by atoms with Crippen LogP contribution in [0.3, 0.4) is 0 Å². The van der Waals surface area contributed by atoms with E-state index < -0.39 is 25.1 Å². The van der Waals surface area contributed by atoms with Gasteiger partial charge in [-0.05, 0) is 31.0 Å². The number of esters is 1. The van der Waals surface area contributed by atoms with Crippen LogP contribution in [0.25, 0.3) is 0 Å². The number of rotatable bonds is 4. The molecule has 1 aromatic heterocycles. The van der Waals surface area contributed by atoms with Gasteiger partial charge in [0, 0.05) is 25.7 Å². The molecular weight excluding hydrogens is 508 g/mol. The zero-order valence-corrected chi connectivity index (χ0v) is 21.4. The molecule has 0 saturated carbocycles. The number of aliphatic imine (C=N–C) groups is 1. The molecule has 0 radical (unpaired) electrons. The van der Waals surface area contributed by atoms with Gasteiger partial charge in [0.2, 0.25) is 0 Å². The average Bonchev–Trinajstić information content (AvgIpc) is 3.56. The maximum Gasteiger partial charge on any atom is 0.418 e. The van der Waals surface area contributed by atoms with Gasteiger partial charge in [-0.15, -0.1) is 11.3 Å². The Hall–Kier alpha value is -2.94. The summed E-state index contributed by atoms with van der Waals surface area (Å²) in [6.07, 6.45) is -2.74. The molecule has 1 saturated heterocycles. The van der Waals surface area contributed by atoms with Crippen molar-refractivity contribution in [3.63, 3.8) is 0 Å². The minimum atomic E-state index is -4.56. The summed E-state index contributed by atoms with van der Waals surface area (Å²) >= 11 is 1.18. The molecule has 1 atom stereocenters. The Labute approximate surface area is 211 Å². The van der Waals surface area contributed by atoms with Gasteiger partial charge in [-0.25, -0.2) is 19.2 Å². The highest BCUT2D eigenvalue weighted by atomic mass is 32.1. The number of hydrogen-bond acceptors (Lipinski definition) is 5. The van der Waals surface area contributed by atoms with E-state index in [1.165, 1.54) is 30.6 Å². The normalized spacial score (nSPS) is 20.1. The Kier molecular flexibility index (Phi) is 6.53. The lowest BCUT2D eigenvalue weighted by Gasteiger charge is -2.44. The number of nitrogens with zero attached hydrogens (tertiary/aromatic N) is 4. The summed E-state index contributed by atoms with van der Waals surface area (Å²) in [5, 5.41) is 1.25. The molecule has 36 heavy (non-hydrogen) atoms. The Morgan fingerprint density at radius 3 is 2.42 bits per heavy atom. The molecular formula is C25H24F3N4O2PS. The van der Waals surface area contributed by atoms with Gasteiger partial charge >= 0.3 is 12.1 Å². The van der Waals surface area contributed by atoms with Gasteiger partial charge in [0.05, 0.1) is 23.7 Å². The molecule has 1 unspecified atom stereocenters. The van der Waals surface area contributed by atoms with E-state index in [0.29, 0.717) is 34.1 Å². The van der Waals surface area contributed by atoms with Crippen LogP contribution in [-0.2, 0) is 10.9 Å². The average molecular weight is 533 g/mol. The second-order valence-corrected chi connectivity index (χ2v) is 12.5. The number of amidine groups is 1. The Bertz CT molecular complexity index is 1380. The van der Waals surface area contributed by atoms with E-state index in [2.05, 4.69) is 4.67 Å². The summed E-state index contributed by atoms with van der Waals surface area (Å²) in [7, 11) is 0.123. The number of hydrogen-bond donors (Lipinski definition) is 0. The topological polar surface area (TPSA) is 57.5 Å². The van der Waals surface area contributed by atoms with Gasteiger partial charge in [-0.3, -0.25) is 0 Å². The molecule has 3 aromatic rings. The molecule has 11 heteroatoms. The van der Waals surface area contributed by atoms with Crippen LogP contribution in [0.1, 0.15) is 33.6 Å². The molecule has 1 fully saturated rings. The second kappa shape index (κ2) is 9.50. The van der Waals surface area contributed by atoms with Crippen molar-refractivity contribution in [1.82, 2.24) is 9.34 Å². The number of ether oxygens (including phenoxy) is 1. The molecule has 0 amide bonds. The quantitative estimate of drug-likeness (QED) is 0.279. The van der Waals surface area contributed by atoms with Crippen LogP contribution in [-0.4, -0.2) is 48.4 Å². The Morgan fingerprint density at radius 2 is 1.75 bits per heavy atom. The van der Waals surface area contributed by atoms with E-state index in [9.17, 15) is 18.0 Å². The molecule has 0 N–H and O–H groups in total. The first-order valence-electron chi connectivity index (χ1n) is 11.4. The summed E-state index contributed by atoms with van der Waals surface area (Å²) in [5.41, 5.74) is -0.0876. The van der Waals surface area contributed by atoms with Crippen molar-refractivity contribution < 1.29 is 22.7 Å². The van der Waals surface area contributed by atoms with E-state index in [1.807, 2.05) is 42.0 Å². The number of thiophene rings is 1. The van der Waals surface area contributed by atoms with Gasteiger partial charge in [-0.1, -0.05) is 42.5 Å². The number of alkyl halides is 3. The van der Waals surface area contributed by atoms with Crippen molar-refractivity contribution in [2.24, 2.45) is 9.74 Å². The fraction of sp³-hybridized carbons (Fsp3) is 0.280. The largest absolute Gasteiger partial charge is 0.465 e. The minimum absolute atomic E-state index is 0.122. The van der Waals surface area contributed by atoms with Crippen LogP contribution >= 0.6 is 18.7 Å².